The number of H-pyrrole nitrogens is 1. The summed E-state index contributed by atoms with van der Waals surface area (Å²) in [6.45, 7) is 8.03. The lowest BCUT2D eigenvalue weighted by atomic mass is 9.94. The lowest BCUT2D eigenvalue weighted by Gasteiger charge is -2.28. The molecule has 1 saturated carbocycles. The van der Waals surface area contributed by atoms with Crippen molar-refractivity contribution in [3.63, 3.8) is 0 Å². The van der Waals surface area contributed by atoms with Crippen molar-refractivity contribution in [2.75, 3.05) is 38.4 Å². The SMILES string of the molecule is C=NCCC1(CCN/C=C/C=C\Cc2ccc(Cl)cc2F)CC1c1nc2cc(NC(=O)c3cc(C(F)(F)F)c4n[nH]c(C)c4c3)ccc2n1CC1CCO1.CO.CSI. The normalized spacial score (nSPS) is 18.6. The van der Waals surface area contributed by atoms with E-state index in [1.807, 2.05) is 36.8 Å². The number of benzene rings is 3. The molecule has 1 saturated heterocycles. The highest BCUT2D eigenvalue weighted by Gasteiger charge is 2.55. The maximum absolute atomic E-state index is 14.0. The van der Waals surface area contributed by atoms with E-state index in [4.69, 9.17) is 26.4 Å². The number of alkyl halides is 3. The number of aromatic amines is 1. The Morgan fingerprint density at radius 2 is 1.97 bits per heavy atom. The van der Waals surface area contributed by atoms with Gasteiger partial charge in [-0.1, -0.05) is 38.8 Å². The van der Waals surface area contributed by atoms with Crippen molar-refractivity contribution < 1.29 is 32.2 Å². The highest BCUT2D eigenvalue weighted by molar-refractivity contribution is 14.2. The van der Waals surface area contributed by atoms with Gasteiger partial charge >= 0.3 is 6.18 Å². The van der Waals surface area contributed by atoms with Crippen LogP contribution in [0.25, 0.3) is 21.9 Å². The first-order valence-electron chi connectivity index (χ1n) is 18.9. The predicted octanol–water partition coefficient (Wildman–Crippen LogP) is 10.2. The largest absolute Gasteiger partial charge is 0.418 e. The lowest BCUT2D eigenvalue weighted by Crippen LogP contribution is -2.31. The number of carbonyl (C=O) groups excluding carboxylic acids is 1. The second-order valence-corrected chi connectivity index (χ2v) is 17.6. The van der Waals surface area contributed by atoms with Crippen LogP contribution in [-0.2, 0) is 23.9 Å². The average molecular weight is 968 g/mol. The summed E-state index contributed by atoms with van der Waals surface area (Å²) in [7, 11) is 2.72. The molecule has 3 heterocycles. The van der Waals surface area contributed by atoms with E-state index < -0.39 is 17.6 Å². The molecule has 316 valence electrons. The molecule has 10 nitrogen and oxygen atoms in total. The number of aromatic nitrogens is 4. The molecule has 2 aromatic heterocycles. The number of halogens is 6. The van der Waals surface area contributed by atoms with E-state index in [9.17, 15) is 22.4 Å². The van der Waals surface area contributed by atoms with Crippen molar-refractivity contribution in [1.82, 2.24) is 25.1 Å². The molecule has 7 rings (SSSR count). The van der Waals surface area contributed by atoms with E-state index in [1.54, 1.807) is 40.1 Å². The van der Waals surface area contributed by atoms with Gasteiger partial charge in [-0.05, 0) is 139 Å². The second-order valence-electron chi connectivity index (χ2n) is 14.2. The van der Waals surface area contributed by atoms with Gasteiger partial charge in [0.2, 0.25) is 0 Å². The van der Waals surface area contributed by atoms with Crippen LogP contribution in [0.1, 0.15) is 64.6 Å². The van der Waals surface area contributed by atoms with Crippen LogP contribution in [0.2, 0.25) is 5.02 Å². The first-order valence-corrected chi connectivity index (χ1v) is 23.0. The number of anilines is 1. The number of aliphatic hydroxyl groups excluding tert-OH is 1. The third-order valence-corrected chi connectivity index (χ3v) is 10.7. The Morgan fingerprint density at radius 1 is 1.20 bits per heavy atom. The van der Waals surface area contributed by atoms with Gasteiger partial charge in [-0.2, -0.15) is 18.3 Å². The van der Waals surface area contributed by atoms with Gasteiger partial charge in [-0.3, -0.25) is 9.89 Å². The molecular weight excluding hydrogens is 921 g/mol. The van der Waals surface area contributed by atoms with Gasteiger partial charge in [0, 0.05) is 60.1 Å². The Hall–Kier alpha value is -3.97. The van der Waals surface area contributed by atoms with E-state index in [0.29, 0.717) is 53.6 Å². The number of carbonyl (C=O) groups is 1. The molecule has 59 heavy (non-hydrogen) atoms. The topological polar surface area (TPSA) is 129 Å². The number of nitrogens with one attached hydrogen (secondary N) is 3. The summed E-state index contributed by atoms with van der Waals surface area (Å²) in [6, 6.07) is 12.3. The van der Waals surface area contributed by atoms with Crippen molar-refractivity contribution in [2.45, 2.75) is 63.8 Å². The molecular formula is C42H47ClF4IN7O3S. The summed E-state index contributed by atoms with van der Waals surface area (Å²) >= 11 is 8.05. The highest BCUT2D eigenvalue weighted by atomic mass is 127. The van der Waals surface area contributed by atoms with Crippen LogP contribution in [0.4, 0.5) is 23.2 Å². The number of imidazole rings is 1. The fraction of sp³-hybridized carbons (Fsp3) is 0.381. The maximum atomic E-state index is 14.0. The molecule has 3 atom stereocenters. The quantitative estimate of drug-likeness (QED) is 0.0270. The molecule has 1 aliphatic carbocycles. The molecule has 3 aromatic carbocycles. The molecule has 0 spiro atoms. The van der Waals surface area contributed by atoms with Crippen LogP contribution in [0.5, 0.6) is 0 Å². The van der Waals surface area contributed by atoms with Crippen LogP contribution in [-0.4, -0.2) is 76.6 Å². The molecule has 2 fully saturated rings. The first kappa shape index (κ1) is 46.1. The summed E-state index contributed by atoms with van der Waals surface area (Å²) in [4.78, 5) is 22.6. The number of hydrogen-bond acceptors (Lipinski definition) is 8. The summed E-state index contributed by atoms with van der Waals surface area (Å²) in [6.07, 6.45) is 9.00. The third-order valence-electron chi connectivity index (χ3n) is 10.5. The number of aliphatic imine (C=N–C) groups is 1. The summed E-state index contributed by atoms with van der Waals surface area (Å²) in [5, 5.41) is 20.2. The van der Waals surface area contributed by atoms with E-state index in [-0.39, 0.29) is 39.7 Å². The average Bonchev–Trinajstić information content (AvgIpc) is 3.60. The number of ether oxygens (including phenoxy) is 1. The Kier molecular flexibility index (Phi) is 16.4. The summed E-state index contributed by atoms with van der Waals surface area (Å²) < 4.78 is 63.8. The fourth-order valence-electron chi connectivity index (χ4n) is 7.29. The molecule has 1 amide bonds. The zero-order chi connectivity index (χ0) is 42.7. The number of aryl methyl sites for hydroxylation is 1. The number of allylic oxidation sites excluding steroid dienone is 3. The number of aliphatic hydroxyl groups is 1. The van der Waals surface area contributed by atoms with Crippen molar-refractivity contribution >= 4 is 82.0 Å². The minimum Gasteiger partial charge on any atom is -0.400 e. The minimum absolute atomic E-state index is 0.0410. The Balaban J connectivity index is 0.00000127. The predicted molar refractivity (Wildman–Crippen MR) is 238 cm³/mol. The second kappa shape index (κ2) is 21.0. The number of hydrogen-bond donors (Lipinski definition) is 4. The van der Waals surface area contributed by atoms with E-state index in [2.05, 4.69) is 58.3 Å². The van der Waals surface area contributed by atoms with Gasteiger partial charge in [-0.15, -0.1) is 0 Å². The zero-order valence-corrected chi connectivity index (χ0v) is 36.6. The number of rotatable bonds is 15. The van der Waals surface area contributed by atoms with Crippen LogP contribution >= 0.6 is 41.7 Å². The number of fused-ring (bicyclic) bond motifs is 2. The van der Waals surface area contributed by atoms with Crippen LogP contribution < -0.4 is 10.6 Å². The number of amides is 1. The Bertz CT molecular complexity index is 2300. The van der Waals surface area contributed by atoms with Crippen LogP contribution in [0.15, 0.2) is 78.0 Å². The summed E-state index contributed by atoms with van der Waals surface area (Å²) in [5.41, 5.74) is 1.63. The van der Waals surface area contributed by atoms with Gasteiger partial charge in [-0.25, -0.2) is 9.37 Å². The van der Waals surface area contributed by atoms with Gasteiger partial charge in [0.15, 0.2) is 0 Å². The smallest absolute Gasteiger partial charge is 0.400 e. The van der Waals surface area contributed by atoms with Crippen LogP contribution in [0.3, 0.4) is 0 Å². The van der Waals surface area contributed by atoms with Crippen molar-refractivity contribution in [1.29, 1.82) is 0 Å². The fourth-order valence-corrected chi connectivity index (χ4v) is 7.45. The van der Waals surface area contributed by atoms with Gasteiger partial charge in [0.25, 0.3) is 5.91 Å². The van der Waals surface area contributed by atoms with Crippen molar-refractivity contribution in [2.24, 2.45) is 10.4 Å². The van der Waals surface area contributed by atoms with Crippen molar-refractivity contribution in [3.8, 4) is 0 Å². The molecule has 5 aromatic rings. The first-order chi connectivity index (χ1) is 28.4. The van der Waals surface area contributed by atoms with E-state index >= 15 is 0 Å². The molecule has 0 radical (unpaired) electrons. The van der Waals surface area contributed by atoms with Crippen molar-refractivity contribution in [3.05, 3.63) is 112 Å². The third kappa shape index (κ3) is 11.4. The monoisotopic (exact) mass is 967 g/mol. The molecule has 3 unspecified atom stereocenters. The lowest BCUT2D eigenvalue weighted by molar-refractivity contribution is -0.136. The van der Waals surface area contributed by atoms with Crippen LogP contribution in [0, 0.1) is 18.2 Å². The Morgan fingerprint density at radius 3 is 2.64 bits per heavy atom. The molecule has 4 N–H and O–H groups in total. The zero-order valence-electron chi connectivity index (χ0n) is 32.9. The highest BCUT2D eigenvalue weighted by Crippen LogP contribution is 2.63. The van der Waals surface area contributed by atoms with Gasteiger partial charge in [0.05, 0.1) is 29.2 Å². The molecule has 1 aliphatic heterocycles. The van der Waals surface area contributed by atoms with E-state index in [0.717, 1.165) is 56.7 Å². The standard InChI is InChI=1S/C40H40ClF4N7O2.CH3IS.CH4O/c1-24-30-18-26(19-31(40(43,44)45)36(30)51-50-24)38(53)48-28-9-10-35-34(21-28)49-37(52(35)23-29-11-17-54-29)32-22-39(32,12-15-46-2)13-16-47-14-5-3-4-6-25-7-8-27(41)20-33(25)42;1-3-2;1-2/h3-5,7-10,14,18-21,29,32,47H,2,6,11-13,15-17,22-23H2,1H3,(H,48,53)(H,50,51);1H3;2H,1H3/b4-3-,14-5+;;. The van der Waals surface area contributed by atoms with E-state index in [1.165, 1.54) is 12.1 Å². The molecule has 17 heteroatoms. The summed E-state index contributed by atoms with van der Waals surface area (Å²) in [5.74, 6) is 0.108. The van der Waals surface area contributed by atoms with Gasteiger partial charge in [0.1, 0.15) is 17.2 Å². The maximum Gasteiger partial charge on any atom is 0.418 e. The Labute approximate surface area is 361 Å². The number of nitrogens with zero attached hydrogens (tertiary/aromatic N) is 4. The molecule has 2 aliphatic rings. The van der Waals surface area contributed by atoms with Gasteiger partial charge < -0.3 is 30.0 Å². The minimum atomic E-state index is -4.69. The molecule has 0 bridgehead atoms.